The van der Waals surface area contributed by atoms with Gasteiger partial charge in [0, 0.05) is 6.20 Å². The van der Waals surface area contributed by atoms with Crippen molar-refractivity contribution < 1.29 is 4.79 Å². The van der Waals surface area contributed by atoms with E-state index in [1.165, 1.54) is 0 Å². The number of pyridine rings is 1. The molecule has 0 fully saturated rings. The van der Waals surface area contributed by atoms with Crippen LogP contribution in [0.5, 0.6) is 0 Å². The first-order chi connectivity index (χ1) is 5.74. The highest BCUT2D eigenvalue weighted by atomic mass is 16.1. The van der Waals surface area contributed by atoms with Gasteiger partial charge >= 0.3 is 0 Å². The summed E-state index contributed by atoms with van der Waals surface area (Å²) in [5.41, 5.74) is 6.98. The molecule has 0 amide bonds. The van der Waals surface area contributed by atoms with E-state index in [1.54, 1.807) is 12.3 Å². The molecule has 1 heterocycles. The molecule has 0 radical (unpaired) electrons. The molecular formula is C8H11N3O. The van der Waals surface area contributed by atoms with Crippen LogP contribution in [0.2, 0.25) is 0 Å². The van der Waals surface area contributed by atoms with E-state index in [-0.39, 0.29) is 0 Å². The van der Waals surface area contributed by atoms with Crippen molar-refractivity contribution in [2.24, 2.45) is 5.73 Å². The molecule has 0 aliphatic carbocycles. The molecule has 0 aliphatic rings. The summed E-state index contributed by atoms with van der Waals surface area (Å²) in [7, 11) is 0. The van der Waals surface area contributed by atoms with Gasteiger partial charge in [-0.3, -0.25) is 9.78 Å². The molecule has 0 saturated carbocycles. The van der Waals surface area contributed by atoms with Gasteiger partial charge in [0.2, 0.25) is 0 Å². The predicted octanol–water partition coefficient (Wildman–Crippen LogP) is 0.286. The van der Waals surface area contributed by atoms with Gasteiger partial charge in [0.05, 0.1) is 11.4 Å². The van der Waals surface area contributed by atoms with Crippen molar-refractivity contribution in [3.63, 3.8) is 0 Å². The summed E-state index contributed by atoms with van der Waals surface area (Å²) in [4.78, 5) is 14.2. The first-order valence-electron chi connectivity index (χ1n) is 3.63. The van der Waals surface area contributed by atoms with Crippen molar-refractivity contribution in [3.8, 4) is 0 Å². The second-order valence-corrected chi connectivity index (χ2v) is 2.44. The number of hydrogen-bond donors (Lipinski definition) is 2. The molecule has 0 unspecified atom stereocenters. The van der Waals surface area contributed by atoms with Crippen LogP contribution in [-0.2, 0) is 4.79 Å². The maximum atomic E-state index is 10.2. The molecule has 0 aromatic carbocycles. The van der Waals surface area contributed by atoms with E-state index < -0.39 is 6.17 Å². The van der Waals surface area contributed by atoms with Crippen LogP contribution in [0.25, 0.3) is 0 Å². The Balaban J connectivity index is 2.75. The number of rotatable bonds is 3. The Bertz CT molecular complexity index is 275. The van der Waals surface area contributed by atoms with Gasteiger partial charge in [0.1, 0.15) is 6.17 Å². The topological polar surface area (TPSA) is 68.0 Å². The van der Waals surface area contributed by atoms with Crippen molar-refractivity contribution >= 4 is 12.0 Å². The summed E-state index contributed by atoms with van der Waals surface area (Å²) in [6.07, 6.45) is 1.67. The lowest BCUT2D eigenvalue weighted by Gasteiger charge is -2.09. The highest BCUT2D eigenvalue weighted by Crippen LogP contribution is 2.09. The second-order valence-electron chi connectivity index (χ2n) is 2.44. The normalized spacial score (nSPS) is 12.2. The van der Waals surface area contributed by atoms with E-state index in [9.17, 15) is 4.79 Å². The summed E-state index contributed by atoms with van der Waals surface area (Å²) in [5.74, 6) is 0. The zero-order chi connectivity index (χ0) is 8.97. The van der Waals surface area contributed by atoms with Crippen molar-refractivity contribution in [1.29, 1.82) is 0 Å². The minimum atomic E-state index is -0.659. The standard InChI is InChI=1S/C8H11N3O/c1-6-7(3-2-4-10-6)11-8(9)5-12/h2-5,8,11H,9H2,1H3/t8-/m0/s1. The molecule has 64 valence electrons. The fraction of sp³-hybridized carbons (Fsp3) is 0.250. The number of aryl methyl sites for hydroxylation is 1. The van der Waals surface area contributed by atoms with E-state index in [1.807, 2.05) is 13.0 Å². The maximum Gasteiger partial charge on any atom is 0.156 e. The van der Waals surface area contributed by atoms with Gasteiger partial charge in [-0.25, -0.2) is 0 Å². The second kappa shape index (κ2) is 3.82. The van der Waals surface area contributed by atoms with Crippen LogP contribution < -0.4 is 11.1 Å². The number of nitrogens with zero attached hydrogens (tertiary/aromatic N) is 1. The number of aldehydes is 1. The molecule has 1 aromatic heterocycles. The zero-order valence-electron chi connectivity index (χ0n) is 6.82. The molecule has 1 atom stereocenters. The van der Waals surface area contributed by atoms with Gasteiger partial charge < -0.3 is 11.1 Å². The maximum absolute atomic E-state index is 10.2. The van der Waals surface area contributed by atoms with E-state index in [0.717, 1.165) is 11.4 Å². The summed E-state index contributed by atoms with van der Waals surface area (Å²) in [6, 6.07) is 3.61. The third kappa shape index (κ3) is 2.03. The van der Waals surface area contributed by atoms with E-state index in [2.05, 4.69) is 10.3 Å². The third-order valence-corrected chi connectivity index (χ3v) is 1.48. The van der Waals surface area contributed by atoms with Crippen LogP contribution >= 0.6 is 0 Å². The van der Waals surface area contributed by atoms with Gasteiger partial charge in [0.15, 0.2) is 6.29 Å². The number of carbonyl (C=O) groups excluding carboxylic acids is 1. The first kappa shape index (κ1) is 8.67. The Morgan fingerprint density at radius 1 is 1.75 bits per heavy atom. The highest BCUT2D eigenvalue weighted by Gasteiger charge is 2.01. The Hall–Kier alpha value is -1.42. The number of nitrogens with one attached hydrogen (secondary N) is 1. The number of aromatic nitrogens is 1. The summed E-state index contributed by atoms with van der Waals surface area (Å²) in [6.45, 7) is 1.85. The number of carbonyl (C=O) groups is 1. The quantitative estimate of drug-likeness (QED) is 0.499. The van der Waals surface area contributed by atoms with Crippen LogP contribution in [0, 0.1) is 6.92 Å². The summed E-state index contributed by atoms with van der Waals surface area (Å²) in [5, 5.41) is 2.81. The molecule has 4 heteroatoms. The molecule has 1 rings (SSSR count). The van der Waals surface area contributed by atoms with Gasteiger partial charge in [-0.2, -0.15) is 0 Å². The molecule has 0 spiro atoms. The molecule has 0 aliphatic heterocycles. The molecule has 1 aromatic rings. The van der Waals surface area contributed by atoms with Gasteiger partial charge in [-0.1, -0.05) is 0 Å². The van der Waals surface area contributed by atoms with Crippen molar-refractivity contribution in [2.75, 3.05) is 5.32 Å². The fourth-order valence-electron chi connectivity index (χ4n) is 0.850. The minimum Gasteiger partial charge on any atom is -0.363 e. The van der Waals surface area contributed by atoms with E-state index >= 15 is 0 Å². The minimum absolute atomic E-state index is 0.645. The van der Waals surface area contributed by atoms with Crippen molar-refractivity contribution in [2.45, 2.75) is 13.1 Å². The van der Waals surface area contributed by atoms with E-state index in [0.29, 0.717) is 6.29 Å². The molecule has 0 bridgehead atoms. The Morgan fingerprint density at radius 2 is 2.50 bits per heavy atom. The number of hydrogen-bond acceptors (Lipinski definition) is 4. The lowest BCUT2D eigenvalue weighted by Crippen LogP contribution is -2.31. The summed E-state index contributed by atoms with van der Waals surface area (Å²) < 4.78 is 0. The largest absolute Gasteiger partial charge is 0.363 e. The van der Waals surface area contributed by atoms with Crippen molar-refractivity contribution in [3.05, 3.63) is 24.0 Å². The third-order valence-electron chi connectivity index (χ3n) is 1.48. The fourth-order valence-corrected chi connectivity index (χ4v) is 0.850. The van der Waals surface area contributed by atoms with Crippen LogP contribution in [0.4, 0.5) is 5.69 Å². The Kier molecular flexibility index (Phi) is 2.76. The monoisotopic (exact) mass is 165 g/mol. The molecule has 0 saturated heterocycles. The lowest BCUT2D eigenvalue weighted by atomic mass is 10.3. The summed E-state index contributed by atoms with van der Waals surface area (Å²) >= 11 is 0. The molecule has 12 heavy (non-hydrogen) atoms. The molecular weight excluding hydrogens is 154 g/mol. The van der Waals surface area contributed by atoms with E-state index in [4.69, 9.17) is 5.73 Å². The van der Waals surface area contributed by atoms with Crippen LogP contribution in [0.3, 0.4) is 0 Å². The number of anilines is 1. The Labute approximate surface area is 70.8 Å². The first-order valence-corrected chi connectivity index (χ1v) is 3.63. The highest BCUT2D eigenvalue weighted by molar-refractivity contribution is 5.64. The van der Waals surface area contributed by atoms with Crippen LogP contribution in [0.1, 0.15) is 5.69 Å². The predicted molar refractivity (Wildman–Crippen MR) is 46.6 cm³/mol. The van der Waals surface area contributed by atoms with Gasteiger partial charge in [-0.05, 0) is 19.1 Å². The molecule has 4 nitrogen and oxygen atoms in total. The average molecular weight is 165 g/mol. The van der Waals surface area contributed by atoms with Crippen LogP contribution in [0.15, 0.2) is 18.3 Å². The Morgan fingerprint density at radius 3 is 3.08 bits per heavy atom. The molecule has 3 N–H and O–H groups in total. The average Bonchev–Trinajstić information content (AvgIpc) is 2.09. The number of nitrogens with two attached hydrogens (primary N) is 1. The van der Waals surface area contributed by atoms with Crippen LogP contribution in [-0.4, -0.2) is 17.4 Å². The van der Waals surface area contributed by atoms with Gasteiger partial charge in [0.25, 0.3) is 0 Å². The smallest absolute Gasteiger partial charge is 0.156 e. The van der Waals surface area contributed by atoms with Gasteiger partial charge in [-0.15, -0.1) is 0 Å². The zero-order valence-corrected chi connectivity index (χ0v) is 6.82. The lowest BCUT2D eigenvalue weighted by molar-refractivity contribution is -0.108. The SMILES string of the molecule is Cc1ncccc1N[C@H](N)C=O. The van der Waals surface area contributed by atoms with Crippen molar-refractivity contribution in [1.82, 2.24) is 4.98 Å².